The Kier molecular flexibility index (Phi) is 4.75. The molecule has 0 aromatic heterocycles. The first kappa shape index (κ1) is 14.2. The van der Waals surface area contributed by atoms with Gasteiger partial charge in [-0.3, -0.25) is 10.1 Å². The van der Waals surface area contributed by atoms with Gasteiger partial charge in [0, 0.05) is 6.54 Å². The van der Waals surface area contributed by atoms with Crippen LogP contribution in [0.3, 0.4) is 0 Å². The molecule has 0 heterocycles. The lowest BCUT2D eigenvalue weighted by atomic mass is 9.63. The smallest absolute Gasteiger partial charge is 0.326 e. The highest BCUT2D eigenvalue weighted by Gasteiger charge is 2.52. The summed E-state index contributed by atoms with van der Waals surface area (Å²) in [6.45, 7) is 11.0. The first-order valence-electron chi connectivity index (χ1n) is 6.53. The number of carbonyl (C=O) groups is 1. The molecule has 17 heavy (non-hydrogen) atoms. The third-order valence-corrected chi connectivity index (χ3v) is 3.93. The van der Waals surface area contributed by atoms with Crippen LogP contribution in [0.1, 0.15) is 46.5 Å². The molecule has 1 atom stereocenters. The Bertz CT molecular complexity index is 286. The lowest BCUT2D eigenvalue weighted by Gasteiger charge is -2.48. The Morgan fingerprint density at radius 1 is 1.41 bits per heavy atom. The molecule has 3 nitrogen and oxygen atoms in total. The monoisotopic (exact) mass is 239 g/mol. The molecular weight excluding hydrogens is 214 g/mol. The fraction of sp³-hybridized carbons (Fsp3) is 0.786. The highest BCUT2D eigenvalue weighted by atomic mass is 16.5. The van der Waals surface area contributed by atoms with Crippen LogP contribution in [0.25, 0.3) is 0 Å². The fourth-order valence-corrected chi connectivity index (χ4v) is 2.79. The Balaban J connectivity index is 2.97. The highest BCUT2D eigenvalue weighted by molar-refractivity contribution is 5.82. The van der Waals surface area contributed by atoms with Crippen molar-refractivity contribution >= 4 is 5.97 Å². The standard InChI is InChI=1S/C14H25NO2/c1-5-11-15-14(12(16)17-6-2)10-8-7-9-13(14,3)4/h5,15H,1,6-11H2,2-4H3. The number of hydrogen-bond acceptors (Lipinski definition) is 3. The molecule has 0 amide bonds. The van der Waals surface area contributed by atoms with Crippen molar-refractivity contribution in [1.29, 1.82) is 0 Å². The second-order valence-corrected chi connectivity index (χ2v) is 5.39. The quantitative estimate of drug-likeness (QED) is 0.592. The summed E-state index contributed by atoms with van der Waals surface area (Å²) in [7, 11) is 0. The van der Waals surface area contributed by atoms with Crippen LogP contribution in [-0.4, -0.2) is 24.7 Å². The Hall–Kier alpha value is -0.830. The average molecular weight is 239 g/mol. The zero-order valence-corrected chi connectivity index (χ0v) is 11.3. The van der Waals surface area contributed by atoms with E-state index in [2.05, 4.69) is 25.7 Å². The fourth-order valence-electron chi connectivity index (χ4n) is 2.79. The van der Waals surface area contributed by atoms with Crippen LogP contribution in [0.2, 0.25) is 0 Å². The van der Waals surface area contributed by atoms with Crippen LogP contribution in [0, 0.1) is 5.41 Å². The van der Waals surface area contributed by atoms with Gasteiger partial charge in [-0.2, -0.15) is 0 Å². The van der Waals surface area contributed by atoms with Crippen LogP contribution in [0.5, 0.6) is 0 Å². The van der Waals surface area contributed by atoms with Gasteiger partial charge in [-0.15, -0.1) is 6.58 Å². The van der Waals surface area contributed by atoms with Crippen LogP contribution >= 0.6 is 0 Å². The molecule has 1 aliphatic rings. The maximum absolute atomic E-state index is 12.3. The van der Waals surface area contributed by atoms with Gasteiger partial charge in [-0.25, -0.2) is 0 Å². The van der Waals surface area contributed by atoms with Crippen LogP contribution in [0.15, 0.2) is 12.7 Å². The average Bonchev–Trinajstić information content (AvgIpc) is 2.28. The molecule has 0 radical (unpaired) electrons. The van der Waals surface area contributed by atoms with E-state index >= 15 is 0 Å². The van der Waals surface area contributed by atoms with Gasteiger partial charge >= 0.3 is 5.97 Å². The molecule has 0 aromatic carbocycles. The number of rotatable bonds is 5. The number of ether oxygens (including phenoxy) is 1. The summed E-state index contributed by atoms with van der Waals surface area (Å²) in [6.07, 6.45) is 5.96. The molecule has 1 unspecified atom stereocenters. The zero-order chi connectivity index (χ0) is 12.9. The maximum Gasteiger partial charge on any atom is 0.326 e. The minimum Gasteiger partial charge on any atom is -0.465 e. The Labute approximate surface area is 105 Å². The number of esters is 1. The predicted molar refractivity (Wildman–Crippen MR) is 69.8 cm³/mol. The molecule has 0 saturated heterocycles. The summed E-state index contributed by atoms with van der Waals surface area (Å²) in [4.78, 5) is 12.3. The van der Waals surface area contributed by atoms with Crippen molar-refractivity contribution in [3.8, 4) is 0 Å². The third kappa shape index (κ3) is 2.71. The van der Waals surface area contributed by atoms with Gasteiger partial charge in [-0.05, 0) is 25.2 Å². The van der Waals surface area contributed by atoms with E-state index in [1.807, 2.05) is 6.92 Å². The lowest BCUT2D eigenvalue weighted by Crippen LogP contribution is -2.63. The van der Waals surface area contributed by atoms with E-state index in [1.54, 1.807) is 6.08 Å². The van der Waals surface area contributed by atoms with Gasteiger partial charge in [-0.1, -0.05) is 32.8 Å². The number of hydrogen-bond donors (Lipinski definition) is 1. The topological polar surface area (TPSA) is 38.3 Å². The van der Waals surface area contributed by atoms with E-state index in [0.29, 0.717) is 13.2 Å². The van der Waals surface area contributed by atoms with E-state index in [9.17, 15) is 4.79 Å². The Morgan fingerprint density at radius 2 is 2.06 bits per heavy atom. The van der Waals surface area contributed by atoms with Crippen molar-refractivity contribution < 1.29 is 9.53 Å². The molecule has 0 aliphatic heterocycles. The van der Waals surface area contributed by atoms with E-state index < -0.39 is 5.54 Å². The van der Waals surface area contributed by atoms with Crippen molar-refractivity contribution in [2.45, 2.75) is 52.0 Å². The molecule has 1 saturated carbocycles. The van der Waals surface area contributed by atoms with Crippen molar-refractivity contribution in [2.24, 2.45) is 5.41 Å². The zero-order valence-electron chi connectivity index (χ0n) is 11.3. The SMILES string of the molecule is C=CCNC1(C(=O)OCC)CCCCC1(C)C. The van der Waals surface area contributed by atoms with Crippen LogP contribution < -0.4 is 5.32 Å². The third-order valence-electron chi connectivity index (χ3n) is 3.93. The summed E-state index contributed by atoms with van der Waals surface area (Å²) in [6, 6.07) is 0. The number of nitrogens with one attached hydrogen (secondary N) is 1. The summed E-state index contributed by atoms with van der Waals surface area (Å²) in [5, 5.41) is 3.37. The minimum atomic E-state index is -0.546. The number of carbonyl (C=O) groups excluding carboxylic acids is 1. The van der Waals surface area contributed by atoms with E-state index in [-0.39, 0.29) is 11.4 Å². The second-order valence-electron chi connectivity index (χ2n) is 5.39. The van der Waals surface area contributed by atoms with Gasteiger partial charge < -0.3 is 4.74 Å². The van der Waals surface area contributed by atoms with Crippen molar-refractivity contribution in [2.75, 3.05) is 13.2 Å². The van der Waals surface area contributed by atoms with Gasteiger partial charge in [0.05, 0.1) is 6.61 Å². The van der Waals surface area contributed by atoms with Crippen molar-refractivity contribution in [3.05, 3.63) is 12.7 Å². The maximum atomic E-state index is 12.3. The van der Waals surface area contributed by atoms with E-state index in [0.717, 1.165) is 19.3 Å². The van der Waals surface area contributed by atoms with E-state index in [1.165, 1.54) is 6.42 Å². The second kappa shape index (κ2) is 5.67. The first-order valence-corrected chi connectivity index (χ1v) is 6.53. The van der Waals surface area contributed by atoms with Crippen LogP contribution in [-0.2, 0) is 9.53 Å². The molecule has 1 aliphatic carbocycles. The van der Waals surface area contributed by atoms with Gasteiger partial charge in [0.2, 0.25) is 0 Å². The summed E-state index contributed by atoms with van der Waals surface area (Å²) in [5.41, 5.74) is -0.615. The normalized spacial score (nSPS) is 27.5. The molecule has 0 spiro atoms. The molecule has 0 aromatic rings. The van der Waals surface area contributed by atoms with Crippen molar-refractivity contribution in [1.82, 2.24) is 5.32 Å². The molecule has 1 rings (SSSR count). The first-order chi connectivity index (χ1) is 8.00. The minimum absolute atomic E-state index is 0.0689. The molecule has 1 N–H and O–H groups in total. The predicted octanol–water partition coefficient (Wildman–Crippen LogP) is 2.66. The summed E-state index contributed by atoms with van der Waals surface area (Å²) in [5.74, 6) is -0.105. The van der Waals surface area contributed by atoms with Gasteiger partial charge in [0.1, 0.15) is 5.54 Å². The summed E-state index contributed by atoms with van der Waals surface area (Å²) < 4.78 is 5.28. The molecule has 3 heteroatoms. The Morgan fingerprint density at radius 3 is 2.59 bits per heavy atom. The van der Waals surface area contributed by atoms with Crippen LogP contribution in [0.4, 0.5) is 0 Å². The molecule has 98 valence electrons. The molecular formula is C14H25NO2. The molecule has 0 bridgehead atoms. The van der Waals surface area contributed by atoms with Gasteiger partial charge in [0.15, 0.2) is 0 Å². The largest absolute Gasteiger partial charge is 0.465 e. The van der Waals surface area contributed by atoms with E-state index in [4.69, 9.17) is 4.74 Å². The summed E-state index contributed by atoms with van der Waals surface area (Å²) >= 11 is 0. The van der Waals surface area contributed by atoms with Crippen molar-refractivity contribution in [3.63, 3.8) is 0 Å². The van der Waals surface area contributed by atoms with Gasteiger partial charge in [0.25, 0.3) is 0 Å². The lowest BCUT2D eigenvalue weighted by molar-refractivity contribution is -0.159. The highest BCUT2D eigenvalue weighted by Crippen LogP contribution is 2.44. The molecule has 1 fully saturated rings.